The Labute approximate surface area is 172 Å². The van der Waals surface area contributed by atoms with Crippen molar-refractivity contribution in [1.82, 2.24) is 18.7 Å². The van der Waals surface area contributed by atoms with E-state index in [2.05, 4.69) is 4.98 Å². The zero-order chi connectivity index (χ0) is 21.8. The molecule has 3 aromatic rings. The van der Waals surface area contributed by atoms with Gasteiger partial charge in [0.2, 0.25) is 0 Å². The molecule has 3 rings (SSSR count). The van der Waals surface area contributed by atoms with Crippen LogP contribution in [-0.2, 0) is 36.6 Å². The van der Waals surface area contributed by atoms with Gasteiger partial charge >= 0.3 is 11.7 Å². The molecule has 2 aromatic heterocycles. The summed E-state index contributed by atoms with van der Waals surface area (Å²) in [4.78, 5) is 40.6. The molecule has 0 amide bonds. The summed E-state index contributed by atoms with van der Waals surface area (Å²) in [5, 5.41) is 0. The minimum atomic E-state index is -0.446. The monoisotopic (exact) mass is 416 g/mol. The van der Waals surface area contributed by atoms with Gasteiger partial charge in [-0.25, -0.2) is 9.78 Å². The number of hydrogen-bond donors (Lipinski definition) is 0. The highest BCUT2D eigenvalue weighted by Gasteiger charge is 2.14. The van der Waals surface area contributed by atoms with Crippen LogP contribution in [0.2, 0.25) is 0 Å². The van der Waals surface area contributed by atoms with Crippen molar-refractivity contribution in [1.29, 1.82) is 0 Å². The van der Waals surface area contributed by atoms with Crippen molar-refractivity contribution in [3.8, 4) is 11.5 Å². The van der Waals surface area contributed by atoms with Crippen molar-refractivity contribution >= 4 is 17.1 Å². The molecule has 0 spiro atoms. The maximum Gasteiger partial charge on any atom is 0.332 e. The van der Waals surface area contributed by atoms with Gasteiger partial charge < -0.3 is 18.8 Å². The lowest BCUT2D eigenvalue weighted by atomic mass is 10.1. The summed E-state index contributed by atoms with van der Waals surface area (Å²) >= 11 is 0. The van der Waals surface area contributed by atoms with E-state index in [0.29, 0.717) is 29.1 Å². The Morgan fingerprint density at radius 3 is 2.33 bits per heavy atom. The fourth-order valence-electron chi connectivity index (χ4n) is 3.15. The topological polar surface area (TPSA) is 107 Å². The molecule has 0 bridgehead atoms. The van der Waals surface area contributed by atoms with Gasteiger partial charge in [-0.1, -0.05) is 0 Å². The van der Waals surface area contributed by atoms with Crippen LogP contribution in [0.4, 0.5) is 0 Å². The Balaban J connectivity index is 1.60. The predicted molar refractivity (Wildman–Crippen MR) is 109 cm³/mol. The molecular weight excluding hydrogens is 392 g/mol. The number of nitrogens with zero attached hydrogens (tertiary/aromatic N) is 4. The van der Waals surface area contributed by atoms with E-state index in [9.17, 15) is 14.4 Å². The summed E-state index contributed by atoms with van der Waals surface area (Å²) in [7, 11) is 6.10. The van der Waals surface area contributed by atoms with Crippen LogP contribution >= 0.6 is 0 Å². The molecule has 0 aliphatic heterocycles. The van der Waals surface area contributed by atoms with E-state index in [-0.39, 0.29) is 25.5 Å². The molecule has 10 nitrogen and oxygen atoms in total. The fraction of sp³-hybridized carbons (Fsp3) is 0.400. The molecule has 0 unspecified atom stereocenters. The second-order valence-corrected chi connectivity index (χ2v) is 6.76. The molecule has 30 heavy (non-hydrogen) atoms. The maximum absolute atomic E-state index is 12.4. The van der Waals surface area contributed by atoms with Crippen LogP contribution in [0.1, 0.15) is 12.0 Å². The molecule has 0 N–H and O–H groups in total. The summed E-state index contributed by atoms with van der Waals surface area (Å²) in [6.07, 6.45) is 2.13. The fourth-order valence-corrected chi connectivity index (χ4v) is 3.15. The van der Waals surface area contributed by atoms with Crippen LogP contribution < -0.4 is 20.7 Å². The molecule has 0 aliphatic rings. The van der Waals surface area contributed by atoms with E-state index in [4.69, 9.17) is 14.2 Å². The van der Waals surface area contributed by atoms with Crippen molar-refractivity contribution in [3.05, 3.63) is 50.9 Å². The van der Waals surface area contributed by atoms with Gasteiger partial charge in [-0.3, -0.25) is 18.7 Å². The van der Waals surface area contributed by atoms with Gasteiger partial charge in [-0.05, 0) is 24.1 Å². The van der Waals surface area contributed by atoms with Crippen molar-refractivity contribution in [3.63, 3.8) is 0 Å². The number of ether oxygens (including phenoxy) is 3. The average Bonchev–Trinajstić information content (AvgIpc) is 3.18. The van der Waals surface area contributed by atoms with Crippen molar-refractivity contribution in [2.45, 2.75) is 19.4 Å². The lowest BCUT2D eigenvalue weighted by molar-refractivity contribution is -0.143. The zero-order valence-corrected chi connectivity index (χ0v) is 17.4. The number of aromatic nitrogens is 4. The van der Waals surface area contributed by atoms with Gasteiger partial charge in [0, 0.05) is 26.6 Å². The lowest BCUT2D eigenvalue weighted by Gasteiger charge is -2.09. The third-order valence-corrected chi connectivity index (χ3v) is 4.84. The Kier molecular flexibility index (Phi) is 6.24. The maximum atomic E-state index is 12.4. The largest absolute Gasteiger partial charge is 0.497 e. The van der Waals surface area contributed by atoms with Gasteiger partial charge in [-0.2, -0.15) is 0 Å². The zero-order valence-electron chi connectivity index (χ0n) is 17.4. The number of hydrogen-bond acceptors (Lipinski definition) is 7. The molecule has 0 aliphatic carbocycles. The smallest absolute Gasteiger partial charge is 0.332 e. The number of fused-ring (bicyclic) bond motifs is 1. The molecule has 0 saturated carbocycles. The van der Waals surface area contributed by atoms with Gasteiger partial charge in [-0.15, -0.1) is 0 Å². The van der Waals surface area contributed by atoms with Crippen LogP contribution in [0.15, 0.2) is 34.1 Å². The summed E-state index contributed by atoms with van der Waals surface area (Å²) in [6.45, 7) is 0.334. The molecule has 160 valence electrons. The second kappa shape index (κ2) is 8.85. The lowest BCUT2D eigenvalue weighted by Crippen LogP contribution is -2.37. The van der Waals surface area contributed by atoms with Gasteiger partial charge in [0.15, 0.2) is 11.2 Å². The van der Waals surface area contributed by atoms with Crippen molar-refractivity contribution in [2.75, 3.05) is 20.8 Å². The van der Waals surface area contributed by atoms with Crippen molar-refractivity contribution in [2.24, 2.45) is 14.1 Å². The van der Waals surface area contributed by atoms with E-state index < -0.39 is 11.2 Å². The molecular formula is C20H24N4O6. The molecule has 2 heterocycles. The molecule has 0 saturated heterocycles. The van der Waals surface area contributed by atoms with E-state index in [1.165, 1.54) is 17.9 Å². The minimum Gasteiger partial charge on any atom is -0.497 e. The number of carbonyl (C=O) groups is 1. The molecule has 10 heteroatoms. The normalized spacial score (nSPS) is 10.9. The van der Waals surface area contributed by atoms with E-state index >= 15 is 0 Å². The molecule has 0 atom stereocenters. The number of carbonyl (C=O) groups excluding carboxylic acids is 1. The SMILES string of the molecule is COc1cc(CCC(=O)OCCn2cnc3c2c(=O)n(C)c(=O)n3C)cc(OC)c1. The number of aryl methyl sites for hydroxylation is 2. The summed E-state index contributed by atoms with van der Waals surface area (Å²) in [5.41, 5.74) is 0.593. The van der Waals surface area contributed by atoms with Crippen LogP contribution in [0.3, 0.4) is 0 Å². The molecule has 1 aromatic carbocycles. The quantitative estimate of drug-likeness (QED) is 0.496. The molecule has 0 fully saturated rings. The number of rotatable bonds is 8. The first-order valence-corrected chi connectivity index (χ1v) is 9.34. The van der Waals surface area contributed by atoms with Crippen LogP contribution in [0.5, 0.6) is 11.5 Å². The van der Waals surface area contributed by atoms with E-state index in [1.807, 2.05) is 12.1 Å². The van der Waals surface area contributed by atoms with Crippen LogP contribution in [0, 0.1) is 0 Å². The van der Waals surface area contributed by atoms with E-state index in [0.717, 1.165) is 10.1 Å². The summed E-state index contributed by atoms with van der Waals surface area (Å²) < 4.78 is 19.7. The first-order chi connectivity index (χ1) is 14.3. The van der Waals surface area contributed by atoms with Crippen molar-refractivity contribution < 1.29 is 19.0 Å². The summed E-state index contributed by atoms with van der Waals surface area (Å²) in [5.74, 6) is 0.947. The van der Waals surface area contributed by atoms with Gasteiger partial charge in [0.05, 0.1) is 27.1 Å². The Morgan fingerprint density at radius 2 is 1.70 bits per heavy atom. The number of imidazole rings is 1. The first kappa shape index (κ1) is 21.2. The molecule has 0 radical (unpaired) electrons. The Morgan fingerprint density at radius 1 is 1.03 bits per heavy atom. The highest BCUT2D eigenvalue weighted by atomic mass is 16.5. The summed E-state index contributed by atoms with van der Waals surface area (Å²) in [6, 6.07) is 5.44. The number of esters is 1. The second-order valence-electron chi connectivity index (χ2n) is 6.76. The van der Waals surface area contributed by atoms with Crippen LogP contribution in [-0.4, -0.2) is 45.5 Å². The van der Waals surface area contributed by atoms with Gasteiger partial charge in [0.25, 0.3) is 5.56 Å². The third-order valence-electron chi connectivity index (χ3n) is 4.84. The van der Waals surface area contributed by atoms with E-state index in [1.54, 1.807) is 31.9 Å². The Hall–Kier alpha value is -3.56. The first-order valence-electron chi connectivity index (χ1n) is 9.34. The highest BCUT2D eigenvalue weighted by Crippen LogP contribution is 2.23. The van der Waals surface area contributed by atoms with Crippen LogP contribution in [0.25, 0.3) is 11.2 Å². The number of benzene rings is 1. The third kappa shape index (κ3) is 4.22. The highest BCUT2D eigenvalue weighted by molar-refractivity contribution is 5.70. The van der Waals surface area contributed by atoms with Gasteiger partial charge in [0.1, 0.15) is 18.1 Å². The average molecular weight is 416 g/mol. The predicted octanol–water partition coefficient (Wildman–Crippen LogP) is 0.627. The number of methoxy groups -OCH3 is 2. The standard InChI is InChI=1S/C20H24N4O6/c1-22-18-17(19(26)23(2)20(22)27)24(12-21-18)7-8-30-16(25)6-5-13-9-14(28-3)11-15(10-13)29-4/h9-12H,5-8H2,1-4H3. The minimum absolute atomic E-state index is 0.0811. The Bertz CT molecular complexity index is 1170.